The second-order valence-corrected chi connectivity index (χ2v) is 10.7. The number of hydrogen-bond donors (Lipinski definition) is 2. The van der Waals surface area contributed by atoms with Crippen LogP contribution in [0.1, 0.15) is 38.2 Å². The number of methoxy groups -OCH3 is 1. The predicted octanol–water partition coefficient (Wildman–Crippen LogP) is 5.77. The molecule has 2 aromatic rings. The van der Waals surface area contributed by atoms with E-state index < -0.39 is 11.9 Å². The minimum atomic E-state index is -0.973. The molecule has 1 unspecified atom stereocenters. The molecule has 1 heterocycles. The highest BCUT2D eigenvalue weighted by Crippen LogP contribution is 2.42. The number of imide groups is 1. The summed E-state index contributed by atoms with van der Waals surface area (Å²) in [7, 11) is 1.60. The van der Waals surface area contributed by atoms with E-state index in [0.29, 0.717) is 41.5 Å². The van der Waals surface area contributed by atoms with Crippen molar-refractivity contribution in [1.82, 2.24) is 10.2 Å². The van der Waals surface area contributed by atoms with Crippen molar-refractivity contribution in [2.75, 3.05) is 20.2 Å². The van der Waals surface area contributed by atoms with Crippen molar-refractivity contribution < 1.29 is 24.2 Å². The Morgan fingerprint density at radius 3 is 2.49 bits per heavy atom. The number of para-hydroxylation sites is 1. The molecule has 0 radical (unpaired) electrons. The van der Waals surface area contributed by atoms with E-state index in [9.17, 15) is 14.4 Å². The first-order valence-corrected chi connectivity index (χ1v) is 13.5. The van der Waals surface area contributed by atoms with Gasteiger partial charge in [-0.05, 0) is 61.7 Å². The van der Waals surface area contributed by atoms with E-state index in [2.05, 4.69) is 5.32 Å². The quantitative estimate of drug-likeness (QED) is 0.353. The number of nitrogens with zero attached hydrogens (tertiary/aromatic N) is 1. The van der Waals surface area contributed by atoms with E-state index in [1.807, 2.05) is 30.3 Å². The van der Waals surface area contributed by atoms with Gasteiger partial charge in [0.2, 0.25) is 5.91 Å². The second kappa shape index (κ2) is 13.9. The van der Waals surface area contributed by atoms with Crippen LogP contribution in [0.2, 0.25) is 10.0 Å². The molecule has 2 amide bonds. The Morgan fingerprint density at radius 1 is 1.11 bits per heavy atom. The number of rotatable bonds is 10. The molecular formula is C27H30Cl2N2O5S. The van der Waals surface area contributed by atoms with Gasteiger partial charge in [-0.2, -0.15) is 0 Å². The Hall–Kier alpha value is -2.52. The Kier molecular flexibility index (Phi) is 10.9. The molecule has 1 aliphatic rings. The van der Waals surface area contributed by atoms with Crippen molar-refractivity contribution in [3.8, 4) is 5.75 Å². The van der Waals surface area contributed by atoms with Crippen molar-refractivity contribution in [3.05, 3.63) is 58.1 Å². The molecule has 0 saturated carbocycles. The van der Waals surface area contributed by atoms with Gasteiger partial charge in [-0.15, -0.1) is 0 Å². The van der Waals surface area contributed by atoms with Crippen LogP contribution >= 0.6 is 35.0 Å². The number of aliphatic carboxylic acids is 1. The average Bonchev–Trinajstić information content (AvgIpc) is 2.87. The van der Waals surface area contributed by atoms with Crippen molar-refractivity contribution in [3.63, 3.8) is 0 Å². The van der Waals surface area contributed by atoms with Crippen LogP contribution < -0.4 is 10.1 Å². The first-order valence-electron chi connectivity index (χ1n) is 12.0. The minimum Gasteiger partial charge on any atom is -0.496 e. The summed E-state index contributed by atoms with van der Waals surface area (Å²) in [5.74, 6) is -1.47. The van der Waals surface area contributed by atoms with E-state index in [0.717, 1.165) is 15.5 Å². The van der Waals surface area contributed by atoms with Crippen LogP contribution in [0.25, 0.3) is 6.08 Å². The molecule has 1 saturated heterocycles. The molecule has 2 N–H and O–H groups in total. The van der Waals surface area contributed by atoms with E-state index in [1.165, 1.54) is 22.7 Å². The lowest BCUT2D eigenvalue weighted by Gasteiger charge is -2.33. The summed E-state index contributed by atoms with van der Waals surface area (Å²) in [4.78, 5) is 40.2. The Bertz CT molecular complexity index is 1170. The Labute approximate surface area is 231 Å². The highest BCUT2D eigenvalue weighted by atomic mass is 35.5. The van der Waals surface area contributed by atoms with Crippen molar-refractivity contribution in [1.29, 1.82) is 0 Å². The molecule has 0 aromatic heterocycles. The maximum absolute atomic E-state index is 13.2. The highest BCUT2D eigenvalue weighted by Gasteiger charge is 2.30. The number of halogens is 2. The summed E-state index contributed by atoms with van der Waals surface area (Å²) < 4.78 is 5.40. The number of piperidine rings is 1. The van der Waals surface area contributed by atoms with Crippen LogP contribution in [0.5, 0.6) is 5.75 Å². The summed E-state index contributed by atoms with van der Waals surface area (Å²) >= 11 is 14.5. The van der Waals surface area contributed by atoms with Gasteiger partial charge in [0, 0.05) is 29.9 Å². The molecule has 1 aliphatic heterocycles. The number of ether oxygens (including phenoxy) is 1. The number of nitrogens with one attached hydrogen (secondary N) is 1. The lowest BCUT2D eigenvalue weighted by atomic mass is 9.99. The lowest BCUT2D eigenvalue weighted by molar-refractivity contribution is -0.146. The van der Waals surface area contributed by atoms with Crippen molar-refractivity contribution >= 4 is 58.8 Å². The number of amides is 2. The normalized spacial score (nSPS) is 14.9. The van der Waals surface area contributed by atoms with Gasteiger partial charge in [0.1, 0.15) is 5.75 Å². The summed E-state index contributed by atoms with van der Waals surface area (Å²) in [6.07, 6.45) is 4.00. The number of hydrogen-bond acceptors (Lipinski definition) is 6. The standard InChI is InChI=1S/C27H30Cl2N2O5S/c1-17(16-25(34)35)15-24(33)31(19-11-13-30-14-12-19)23(32)10-8-18-7-9-22(27(29)26(18)28)37-21-6-4-3-5-20(21)36-2/h3-10,17,19,30H,11-16H2,1-2H3,(H,34,35)/b10-8+. The van der Waals surface area contributed by atoms with Crippen LogP contribution in [-0.4, -0.2) is 54.0 Å². The van der Waals surface area contributed by atoms with Gasteiger partial charge in [0.25, 0.3) is 5.91 Å². The van der Waals surface area contributed by atoms with Crippen LogP contribution in [-0.2, 0) is 14.4 Å². The molecule has 0 bridgehead atoms. The van der Waals surface area contributed by atoms with E-state index >= 15 is 0 Å². The van der Waals surface area contributed by atoms with Crippen molar-refractivity contribution in [2.45, 2.75) is 48.4 Å². The number of benzene rings is 2. The van der Waals surface area contributed by atoms with Gasteiger partial charge in [-0.3, -0.25) is 19.3 Å². The van der Waals surface area contributed by atoms with Crippen molar-refractivity contribution in [2.24, 2.45) is 5.92 Å². The Balaban J connectivity index is 1.79. The molecule has 3 rings (SSSR count). The Morgan fingerprint density at radius 2 is 1.81 bits per heavy atom. The summed E-state index contributed by atoms with van der Waals surface area (Å²) in [5, 5.41) is 12.9. The number of carboxylic acids is 1. The van der Waals surface area contributed by atoms with Crippen LogP contribution in [0.3, 0.4) is 0 Å². The highest BCUT2D eigenvalue weighted by molar-refractivity contribution is 7.99. The van der Waals surface area contributed by atoms with Gasteiger partial charge in [0.05, 0.1) is 22.1 Å². The van der Waals surface area contributed by atoms with Gasteiger partial charge in [-0.25, -0.2) is 0 Å². The summed E-state index contributed by atoms with van der Waals surface area (Å²) in [6.45, 7) is 3.09. The van der Waals surface area contributed by atoms with E-state index in [4.69, 9.17) is 33.0 Å². The fourth-order valence-corrected chi connectivity index (χ4v) is 5.69. The van der Waals surface area contributed by atoms with Gasteiger partial charge < -0.3 is 15.2 Å². The number of carbonyl (C=O) groups excluding carboxylic acids is 2. The first kappa shape index (κ1) is 29.0. The third-order valence-corrected chi connectivity index (χ3v) is 8.12. The zero-order chi connectivity index (χ0) is 26.9. The number of carboxylic acid groups (broad SMARTS) is 1. The topological polar surface area (TPSA) is 95.9 Å². The van der Waals surface area contributed by atoms with Crippen LogP contribution in [0.15, 0.2) is 52.3 Å². The largest absolute Gasteiger partial charge is 0.496 e. The molecular weight excluding hydrogens is 535 g/mol. The molecule has 1 atom stereocenters. The molecule has 2 aromatic carbocycles. The average molecular weight is 566 g/mol. The van der Waals surface area contributed by atoms with Gasteiger partial charge >= 0.3 is 5.97 Å². The summed E-state index contributed by atoms with van der Waals surface area (Å²) in [5.41, 5.74) is 0.543. The number of carbonyl (C=O) groups is 3. The molecule has 10 heteroatoms. The fourth-order valence-electron chi connectivity index (χ4n) is 4.16. The molecule has 37 heavy (non-hydrogen) atoms. The van der Waals surface area contributed by atoms with E-state index in [1.54, 1.807) is 26.2 Å². The molecule has 7 nitrogen and oxygen atoms in total. The maximum atomic E-state index is 13.2. The smallest absolute Gasteiger partial charge is 0.303 e. The second-order valence-electron chi connectivity index (χ2n) is 8.86. The lowest BCUT2D eigenvalue weighted by Crippen LogP contribution is -2.49. The van der Waals surface area contributed by atoms with E-state index in [-0.39, 0.29) is 30.7 Å². The van der Waals surface area contributed by atoms with Gasteiger partial charge in [0.15, 0.2) is 0 Å². The minimum absolute atomic E-state index is 0.0166. The first-order chi connectivity index (χ1) is 17.7. The predicted molar refractivity (Wildman–Crippen MR) is 146 cm³/mol. The summed E-state index contributed by atoms with van der Waals surface area (Å²) in [6, 6.07) is 10.9. The third kappa shape index (κ3) is 7.98. The molecule has 1 fully saturated rings. The molecule has 0 spiro atoms. The molecule has 0 aliphatic carbocycles. The zero-order valence-corrected chi connectivity index (χ0v) is 23.0. The van der Waals surface area contributed by atoms with Crippen LogP contribution in [0, 0.1) is 5.92 Å². The maximum Gasteiger partial charge on any atom is 0.303 e. The SMILES string of the molecule is COc1ccccc1Sc1ccc(/C=C/C(=O)N(C(=O)CC(C)CC(=O)O)C2CCNCC2)c(Cl)c1Cl. The monoisotopic (exact) mass is 564 g/mol. The molecule has 198 valence electrons. The third-order valence-electron chi connectivity index (χ3n) is 6.00. The van der Waals surface area contributed by atoms with Crippen LogP contribution in [0.4, 0.5) is 0 Å². The fraction of sp³-hybridized carbons (Fsp3) is 0.370. The van der Waals surface area contributed by atoms with Gasteiger partial charge in [-0.1, -0.05) is 60.1 Å². The zero-order valence-electron chi connectivity index (χ0n) is 20.7.